The van der Waals surface area contributed by atoms with Crippen LogP contribution in [0.15, 0.2) is 72.9 Å². The van der Waals surface area contributed by atoms with Gasteiger partial charge in [0.1, 0.15) is 12.1 Å². The second-order valence-corrected chi connectivity index (χ2v) is 7.89. The Balaban J connectivity index is 1.85. The summed E-state index contributed by atoms with van der Waals surface area (Å²) in [6.07, 6.45) is 0.580. The minimum absolute atomic E-state index is 0.0984. The number of aromatic nitrogens is 1. The first-order valence-corrected chi connectivity index (χ1v) is 11.3. The Bertz CT molecular complexity index is 1100. The third-order valence-corrected chi connectivity index (χ3v) is 5.67. The molecule has 0 spiro atoms. The lowest BCUT2D eigenvalue weighted by Crippen LogP contribution is -2.47. The molecule has 2 atom stereocenters. The minimum Gasteiger partial charge on any atom is -0.503 e. The van der Waals surface area contributed by atoms with E-state index in [0.29, 0.717) is 6.61 Å². The van der Waals surface area contributed by atoms with Gasteiger partial charge >= 0.3 is 5.97 Å². The fourth-order valence-electron chi connectivity index (χ4n) is 3.97. The SMILES string of the molecule is CCOC(c1ccccc1)(c1ccccc1)C(C)OC(=O)[C@H](C)NC(=O)c1nccc(OC)c1O. The molecule has 8 heteroatoms. The van der Waals surface area contributed by atoms with E-state index < -0.39 is 35.4 Å². The van der Waals surface area contributed by atoms with Crippen molar-refractivity contribution in [2.24, 2.45) is 0 Å². The minimum atomic E-state index is -1.07. The first kappa shape index (κ1) is 25.7. The highest BCUT2D eigenvalue weighted by atomic mass is 16.6. The van der Waals surface area contributed by atoms with E-state index in [4.69, 9.17) is 14.2 Å². The molecule has 1 amide bonds. The second kappa shape index (κ2) is 11.5. The molecule has 0 fully saturated rings. The van der Waals surface area contributed by atoms with Crippen molar-refractivity contribution in [2.45, 2.75) is 38.5 Å². The monoisotopic (exact) mass is 478 g/mol. The Morgan fingerprint density at radius 2 is 1.57 bits per heavy atom. The van der Waals surface area contributed by atoms with Crippen LogP contribution in [0.3, 0.4) is 0 Å². The Hall–Kier alpha value is -3.91. The molecule has 2 N–H and O–H groups in total. The molecule has 1 heterocycles. The number of hydrogen-bond acceptors (Lipinski definition) is 7. The van der Waals surface area contributed by atoms with Crippen molar-refractivity contribution < 1.29 is 28.9 Å². The summed E-state index contributed by atoms with van der Waals surface area (Å²) in [6, 6.07) is 19.5. The summed E-state index contributed by atoms with van der Waals surface area (Å²) in [6.45, 7) is 5.51. The summed E-state index contributed by atoms with van der Waals surface area (Å²) in [4.78, 5) is 29.6. The summed E-state index contributed by atoms with van der Waals surface area (Å²) >= 11 is 0. The standard InChI is InChI=1S/C27H30N2O6/c1-5-34-27(20-12-8-6-9-13-20,21-14-10-7-11-15-21)19(3)35-26(32)18(2)29-25(31)23-24(30)22(33-4)16-17-28-23/h6-19,30H,5H2,1-4H3,(H,29,31)/t18-,19?/m0/s1. The Morgan fingerprint density at radius 1 is 1.00 bits per heavy atom. The number of methoxy groups -OCH3 is 1. The van der Waals surface area contributed by atoms with Crippen molar-refractivity contribution in [3.8, 4) is 11.5 Å². The lowest BCUT2D eigenvalue weighted by Gasteiger charge is -2.39. The van der Waals surface area contributed by atoms with Crippen molar-refractivity contribution in [3.63, 3.8) is 0 Å². The van der Waals surface area contributed by atoms with E-state index in [1.54, 1.807) is 6.92 Å². The van der Waals surface area contributed by atoms with E-state index in [1.165, 1.54) is 26.3 Å². The summed E-state index contributed by atoms with van der Waals surface area (Å²) in [5.41, 5.74) is 0.337. The fourth-order valence-corrected chi connectivity index (χ4v) is 3.97. The van der Waals surface area contributed by atoms with Gasteiger partial charge in [0.05, 0.1) is 7.11 Å². The number of carbonyl (C=O) groups excluding carboxylic acids is 2. The van der Waals surface area contributed by atoms with Crippen LogP contribution in [0, 0.1) is 0 Å². The fraction of sp³-hybridized carbons (Fsp3) is 0.296. The molecule has 3 rings (SSSR count). The molecule has 0 aliphatic rings. The van der Waals surface area contributed by atoms with Crippen molar-refractivity contribution in [1.29, 1.82) is 0 Å². The zero-order valence-electron chi connectivity index (χ0n) is 20.2. The van der Waals surface area contributed by atoms with Gasteiger partial charge in [0.25, 0.3) is 5.91 Å². The number of rotatable bonds is 10. The highest BCUT2D eigenvalue weighted by Crippen LogP contribution is 2.38. The van der Waals surface area contributed by atoms with E-state index in [1.807, 2.05) is 67.6 Å². The third-order valence-electron chi connectivity index (χ3n) is 5.67. The molecule has 2 aromatic carbocycles. The van der Waals surface area contributed by atoms with Crippen LogP contribution in [0.25, 0.3) is 0 Å². The van der Waals surface area contributed by atoms with Crippen molar-refractivity contribution in [3.05, 3.63) is 89.7 Å². The molecule has 0 bridgehead atoms. The quantitative estimate of drug-likeness (QED) is 0.427. The zero-order chi connectivity index (χ0) is 25.4. The number of nitrogens with zero attached hydrogens (tertiary/aromatic N) is 1. The van der Waals surface area contributed by atoms with Crippen LogP contribution in [0.1, 0.15) is 42.4 Å². The predicted molar refractivity (Wildman–Crippen MR) is 130 cm³/mol. The first-order chi connectivity index (χ1) is 16.8. The molecule has 0 saturated heterocycles. The molecule has 0 saturated carbocycles. The molecule has 0 radical (unpaired) electrons. The summed E-state index contributed by atoms with van der Waals surface area (Å²) in [5.74, 6) is -1.71. The highest BCUT2D eigenvalue weighted by molar-refractivity contribution is 5.97. The molecule has 0 aliphatic carbocycles. The Morgan fingerprint density at radius 3 is 2.09 bits per heavy atom. The van der Waals surface area contributed by atoms with Gasteiger partial charge in [0, 0.05) is 18.9 Å². The van der Waals surface area contributed by atoms with Gasteiger partial charge in [0.15, 0.2) is 22.8 Å². The molecular formula is C27H30N2O6. The van der Waals surface area contributed by atoms with E-state index in [2.05, 4.69) is 10.3 Å². The number of aromatic hydroxyl groups is 1. The maximum Gasteiger partial charge on any atom is 0.328 e. The normalized spacial score (nSPS) is 12.9. The van der Waals surface area contributed by atoms with Crippen molar-refractivity contribution >= 4 is 11.9 Å². The smallest absolute Gasteiger partial charge is 0.328 e. The van der Waals surface area contributed by atoms with E-state index in [9.17, 15) is 14.7 Å². The molecule has 8 nitrogen and oxygen atoms in total. The second-order valence-electron chi connectivity index (χ2n) is 7.89. The number of nitrogens with one attached hydrogen (secondary N) is 1. The molecule has 0 aliphatic heterocycles. The zero-order valence-corrected chi connectivity index (χ0v) is 20.2. The molecule has 1 aromatic heterocycles. The Labute approximate surface area is 204 Å². The number of esters is 1. The summed E-state index contributed by atoms with van der Waals surface area (Å²) in [7, 11) is 1.36. The maximum atomic E-state index is 13.0. The predicted octanol–water partition coefficient (Wildman–Crippen LogP) is 3.83. The number of hydrogen-bond donors (Lipinski definition) is 2. The van der Waals surface area contributed by atoms with Gasteiger partial charge < -0.3 is 24.6 Å². The molecule has 184 valence electrons. The van der Waals surface area contributed by atoms with E-state index >= 15 is 0 Å². The number of amides is 1. The average molecular weight is 479 g/mol. The topological polar surface area (TPSA) is 107 Å². The average Bonchev–Trinajstić information content (AvgIpc) is 2.88. The van der Waals surface area contributed by atoms with E-state index in [-0.39, 0.29) is 11.4 Å². The van der Waals surface area contributed by atoms with Crippen LogP contribution in [0.2, 0.25) is 0 Å². The molecule has 35 heavy (non-hydrogen) atoms. The highest BCUT2D eigenvalue weighted by Gasteiger charge is 2.43. The van der Waals surface area contributed by atoms with Gasteiger partial charge in [-0.1, -0.05) is 60.7 Å². The van der Waals surface area contributed by atoms with Gasteiger partial charge in [-0.2, -0.15) is 0 Å². The lowest BCUT2D eigenvalue weighted by molar-refractivity contribution is -0.168. The van der Waals surface area contributed by atoms with Crippen LogP contribution < -0.4 is 10.1 Å². The number of benzene rings is 2. The van der Waals surface area contributed by atoms with Gasteiger partial charge in [-0.15, -0.1) is 0 Å². The summed E-state index contributed by atoms with van der Waals surface area (Å²) in [5, 5.41) is 12.7. The van der Waals surface area contributed by atoms with E-state index in [0.717, 1.165) is 11.1 Å². The van der Waals surface area contributed by atoms with Crippen LogP contribution in [0.5, 0.6) is 11.5 Å². The molecule has 1 unspecified atom stereocenters. The van der Waals surface area contributed by atoms with Crippen LogP contribution in [0.4, 0.5) is 0 Å². The van der Waals surface area contributed by atoms with Gasteiger partial charge in [-0.25, -0.2) is 9.78 Å². The third kappa shape index (κ3) is 5.44. The van der Waals surface area contributed by atoms with Crippen molar-refractivity contribution in [2.75, 3.05) is 13.7 Å². The van der Waals surface area contributed by atoms with Gasteiger partial charge in [-0.05, 0) is 31.9 Å². The van der Waals surface area contributed by atoms with Crippen LogP contribution >= 0.6 is 0 Å². The molecule has 3 aromatic rings. The van der Waals surface area contributed by atoms with Crippen LogP contribution in [-0.2, 0) is 19.9 Å². The largest absolute Gasteiger partial charge is 0.503 e. The molecular weight excluding hydrogens is 448 g/mol. The summed E-state index contributed by atoms with van der Waals surface area (Å²) < 4.78 is 17.2. The first-order valence-electron chi connectivity index (χ1n) is 11.3. The number of carbonyl (C=O) groups is 2. The number of pyridine rings is 1. The lowest BCUT2D eigenvalue weighted by atomic mass is 9.81. The maximum absolute atomic E-state index is 13.0. The van der Waals surface area contributed by atoms with Gasteiger partial charge in [0.2, 0.25) is 0 Å². The van der Waals surface area contributed by atoms with Gasteiger partial charge in [-0.3, -0.25) is 4.79 Å². The Kier molecular flexibility index (Phi) is 8.43. The van der Waals surface area contributed by atoms with Crippen molar-refractivity contribution in [1.82, 2.24) is 10.3 Å². The number of ether oxygens (including phenoxy) is 3. The van der Waals surface area contributed by atoms with Crippen LogP contribution in [-0.4, -0.2) is 47.8 Å².